The highest BCUT2D eigenvalue weighted by Gasteiger charge is 2.17. The van der Waals surface area contributed by atoms with E-state index in [1.807, 2.05) is 0 Å². The van der Waals surface area contributed by atoms with Crippen molar-refractivity contribution in [1.29, 1.82) is 0 Å². The molecule has 106 valence electrons. The Kier molecular flexibility index (Phi) is 3.64. The molecule has 0 aliphatic carbocycles. The van der Waals surface area contributed by atoms with Crippen LogP contribution in [0.25, 0.3) is 0 Å². The molecule has 0 unspecified atom stereocenters. The number of fused-ring (bicyclic) bond motifs is 1. The molecular weight excluding hydrogens is 270 g/mol. The number of carbonyl (C=O) groups is 2. The third kappa shape index (κ3) is 2.91. The van der Waals surface area contributed by atoms with Crippen molar-refractivity contribution in [3.05, 3.63) is 53.9 Å². The van der Waals surface area contributed by atoms with Crippen molar-refractivity contribution in [3.8, 4) is 11.5 Å². The van der Waals surface area contributed by atoms with Crippen LogP contribution in [0.5, 0.6) is 11.5 Å². The quantitative estimate of drug-likeness (QED) is 0.636. The van der Waals surface area contributed by atoms with E-state index in [4.69, 9.17) is 9.47 Å². The molecule has 0 bridgehead atoms. The Balaban J connectivity index is 1.75. The van der Waals surface area contributed by atoms with Crippen molar-refractivity contribution in [2.75, 3.05) is 13.2 Å². The minimum Gasteiger partial charge on any atom is -0.486 e. The number of rotatable bonds is 4. The first-order valence-corrected chi connectivity index (χ1v) is 6.60. The zero-order valence-electron chi connectivity index (χ0n) is 11.2. The second-order valence-electron chi connectivity index (χ2n) is 4.62. The van der Waals surface area contributed by atoms with E-state index >= 15 is 0 Å². The van der Waals surface area contributed by atoms with Crippen LogP contribution in [0.2, 0.25) is 0 Å². The lowest BCUT2D eigenvalue weighted by molar-refractivity contribution is 0.0893. The molecule has 1 aliphatic rings. The summed E-state index contributed by atoms with van der Waals surface area (Å²) in [6.07, 6.45) is 2.85. The van der Waals surface area contributed by atoms with Crippen LogP contribution in [-0.4, -0.2) is 29.8 Å². The van der Waals surface area contributed by atoms with Crippen LogP contribution in [0, 0.1) is 0 Å². The van der Waals surface area contributed by atoms with E-state index in [2.05, 4.69) is 4.98 Å². The molecule has 0 atom stereocenters. The number of nitrogens with zero attached hydrogens (tertiary/aromatic N) is 1. The van der Waals surface area contributed by atoms with Gasteiger partial charge in [0, 0.05) is 23.5 Å². The van der Waals surface area contributed by atoms with Gasteiger partial charge in [-0.3, -0.25) is 14.6 Å². The van der Waals surface area contributed by atoms with Gasteiger partial charge in [-0.15, -0.1) is 0 Å². The lowest BCUT2D eigenvalue weighted by Gasteiger charge is -2.18. The lowest BCUT2D eigenvalue weighted by Crippen LogP contribution is -2.16. The van der Waals surface area contributed by atoms with Crippen LogP contribution in [0.3, 0.4) is 0 Å². The summed E-state index contributed by atoms with van der Waals surface area (Å²) in [6, 6.07) is 8.27. The molecule has 1 aliphatic heterocycles. The van der Waals surface area contributed by atoms with Gasteiger partial charge >= 0.3 is 0 Å². The average molecular weight is 283 g/mol. The first-order chi connectivity index (χ1) is 10.2. The Morgan fingerprint density at radius 2 is 1.76 bits per heavy atom. The fourth-order valence-corrected chi connectivity index (χ4v) is 2.09. The van der Waals surface area contributed by atoms with Crippen molar-refractivity contribution in [1.82, 2.24) is 4.98 Å². The minimum atomic E-state index is -0.249. The lowest BCUT2D eigenvalue weighted by atomic mass is 10.0. The van der Waals surface area contributed by atoms with Gasteiger partial charge in [-0.2, -0.15) is 0 Å². The van der Waals surface area contributed by atoms with Crippen molar-refractivity contribution < 1.29 is 19.1 Å². The predicted molar refractivity (Wildman–Crippen MR) is 74.9 cm³/mol. The van der Waals surface area contributed by atoms with Crippen molar-refractivity contribution in [2.24, 2.45) is 0 Å². The summed E-state index contributed by atoms with van der Waals surface area (Å²) in [7, 11) is 0. The molecular formula is C16H13NO4. The average Bonchev–Trinajstić information content (AvgIpc) is 2.55. The van der Waals surface area contributed by atoms with E-state index in [1.54, 1.807) is 36.5 Å². The summed E-state index contributed by atoms with van der Waals surface area (Å²) in [5.41, 5.74) is 0.875. The van der Waals surface area contributed by atoms with E-state index in [0.717, 1.165) is 0 Å². The van der Waals surface area contributed by atoms with E-state index in [-0.39, 0.29) is 18.0 Å². The zero-order valence-corrected chi connectivity index (χ0v) is 11.2. The fourth-order valence-electron chi connectivity index (χ4n) is 2.09. The summed E-state index contributed by atoms with van der Waals surface area (Å²) >= 11 is 0. The number of benzene rings is 1. The van der Waals surface area contributed by atoms with E-state index in [0.29, 0.717) is 35.8 Å². The van der Waals surface area contributed by atoms with Crippen LogP contribution in [-0.2, 0) is 0 Å². The maximum Gasteiger partial charge on any atom is 0.172 e. The smallest absolute Gasteiger partial charge is 0.172 e. The summed E-state index contributed by atoms with van der Waals surface area (Å²) in [5, 5.41) is 0. The number of hydrogen-bond donors (Lipinski definition) is 0. The maximum absolute atomic E-state index is 12.2. The number of hydrogen-bond acceptors (Lipinski definition) is 5. The number of pyridine rings is 1. The second-order valence-corrected chi connectivity index (χ2v) is 4.62. The first kappa shape index (κ1) is 13.3. The van der Waals surface area contributed by atoms with Gasteiger partial charge in [0.1, 0.15) is 13.2 Å². The molecule has 3 rings (SSSR count). The molecule has 0 saturated heterocycles. The van der Waals surface area contributed by atoms with Gasteiger partial charge in [0.2, 0.25) is 0 Å². The fraction of sp³-hybridized carbons (Fsp3) is 0.188. The highest BCUT2D eigenvalue weighted by Crippen LogP contribution is 2.31. The molecule has 2 aromatic rings. The molecule has 0 amide bonds. The molecule has 1 aromatic carbocycles. The van der Waals surface area contributed by atoms with Crippen LogP contribution in [0.4, 0.5) is 0 Å². The summed E-state index contributed by atoms with van der Waals surface area (Å²) in [4.78, 5) is 28.1. The van der Waals surface area contributed by atoms with Gasteiger partial charge in [-0.05, 0) is 30.3 Å². The maximum atomic E-state index is 12.2. The summed E-state index contributed by atoms with van der Waals surface area (Å²) < 4.78 is 10.8. The predicted octanol–water partition coefficient (Wildman–Crippen LogP) is 2.31. The van der Waals surface area contributed by atoms with Gasteiger partial charge in [0.05, 0.1) is 6.42 Å². The molecule has 0 N–H and O–H groups in total. The number of ether oxygens (including phenoxy) is 2. The first-order valence-electron chi connectivity index (χ1n) is 6.60. The van der Waals surface area contributed by atoms with E-state index in [9.17, 15) is 9.59 Å². The Morgan fingerprint density at radius 1 is 1.00 bits per heavy atom. The normalized spacial score (nSPS) is 12.8. The van der Waals surface area contributed by atoms with E-state index in [1.165, 1.54) is 6.20 Å². The molecule has 0 fully saturated rings. The molecule has 2 heterocycles. The topological polar surface area (TPSA) is 65.5 Å². The Morgan fingerprint density at radius 3 is 2.52 bits per heavy atom. The highest BCUT2D eigenvalue weighted by molar-refractivity contribution is 6.13. The third-order valence-corrected chi connectivity index (χ3v) is 3.17. The number of carbonyl (C=O) groups excluding carboxylic acids is 2. The van der Waals surface area contributed by atoms with Gasteiger partial charge in [-0.25, -0.2) is 0 Å². The van der Waals surface area contributed by atoms with Gasteiger partial charge in [0.15, 0.2) is 23.1 Å². The Labute approximate surface area is 121 Å². The van der Waals surface area contributed by atoms with Crippen LogP contribution in [0.15, 0.2) is 42.7 Å². The van der Waals surface area contributed by atoms with Gasteiger partial charge < -0.3 is 9.47 Å². The summed E-state index contributed by atoms with van der Waals surface area (Å²) in [5.74, 6) is 0.668. The van der Waals surface area contributed by atoms with Crippen LogP contribution in [0.1, 0.15) is 27.1 Å². The Hall–Kier alpha value is -2.69. The van der Waals surface area contributed by atoms with Crippen molar-refractivity contribution in [2.45, 2.75) is 6.42 Å². The zero-order chi connectivity index (χ0) is 14.7. The van der Waals surface area contributed by atoms with Crippen molar-refractivity contribution in [3.63, 3.8) is 0 Å². The SMILES string of the molecule is O=C(CC(=O)c1ccc2c(c1)OCCO2)c1cccnc1. The number of Topliss-reactive ketones (excluding diaryl/α,β-unsaturated/α-hetero) is 2. The largest absolute Gasteiger partial charge is 0.486 e. The van der Waals surface area contributed by atoms with Crippen LogP contribution >= 0.6 is 0 Å². The molecule has 1 aromatic heterocycles. The second kappa shape index (κ2) is 5.75. The van der Waals surface area contributed by atoms with Crippen molar-refractivity contribution >= 4 is 11.6 Å². The molecule has 5 heteroatoms. The van der Waals surface area contributed by atoms with Crippen LogP contribution < -0.4 is 9.47 Å². The highest BCUT2D eigenvalue weighted by atomic mass is 16.6. The third-order valence-electron chi connectivity index (χ3n) is 3.17. The molecule has 21 heavy (non-hydrogen) atoms. The standard InChI is InChI=1S/C16H13NO4/c18-13(9-14(19)12-2-1-5-17-10-12)11-3-4-15-16(8-11)21-7-6-20-15/h1-5,8,10H,6-7,9H2. The Bertz CT molecular complexity index is 682. The monoisotopic (exact) mass is 283 g/mol. The minimum absolute atomic E-state index is 0.189. The molecule has 5 nitrogen and oxygen atoms in total. The van der Waals surface area contributed by atoms with Gasteiger partial charge in [-0.1, -0.05) is 0 Å². The molecule has 0 spiro atoms. The number of aromatic nitrogens is 1. The molecule has 0 saturated carbocycles. The van der Waals surface area contributed by atoms with E-state index < -0.39 is 0 Å². The molecule has 0 radical (unpaired) electrons. The van der Waals surface area contributed by atoms with Gasteiger partial charge in [0.25, 0.3) is 0 Å². The summed E-state index contributed by atoms with van der Waals surface area (Å²) in [6.45, 7) is 0.957. The number of ketones is 2.